The zero-order valence-electron chi connectivity index (χ0n) is 13.1. The highest BCUT2D eigenvalue weighted by atomic mass is 16.3. The van der Waals surface area contributed by atoms with Crippen molar-refractivity contribution in [3.05, 3.63) is 29.6 Å². The molecule has 20 heavy (non-hydrogen) atoms. The number of rotatable bonds is 5. The van der Waals surface area contributed by atoms with Crippen molar-refractivity contribution in [1.82, 2.24) is 9.88 Å². The van der Waals surface area contributed by atoms with E-state index in [1.165, 1.54) is 12.8 Å². The van der Waals surface area contributed by atoms with E-state index in [4.69, 9.17) is 0 Å². The predicted molar refractivity (Wildman–Crippen MR) is 82.5 cm³/mol. The number of nitrogens with zero attached hydrogens (tertiary/aromatic N) is 2. The van der Waals surface area contributed by atoms with Crippen LogP contribution in [0.15, 0.2) is 18.2 Å². The number of aliphatic hydroxyl groups is 1. The van der Waals surface area contributed by atoms with E-state index in [0.717, 1.165) is 43.2 Å². The quantitative estimate of drug-likeness (QED) is 0.898. The minimum Gasteiger partial charge on any atom is -0.396 e. The van der Waals surface area contributed by atoms with Crippen LogP contribution < -0.4 is 0 Å². The van der Waals surface area contributed by atoms with Crippen molar-refractivity contribution in [2.45, 2.75) is 46.1 Å². The van der Waals surface area contributed by atoms with Crippen molar-refractivity contribution in [1.29, 1.82) is 0 Å². The van der Waals surface area contributed by atoms with Crippen molar-refractivity contribution >= 4 is 0 Å². The molecule has 1 aromatic heterocycles. The van der Waals surface area contributed by atoms with Crippen LogP contribution in [0.2, 0.25) is 0 Å². The molecule has 0 unspecified atom stereocenters. The van der Waals surface area contributed by atoms with Gasteiger partial charge in [0.15, 0.2) is 0 Å². The van der Waals surface area contributed by atoms with Crippen LogP contribution in [-0.4, -0.2) is 35.2 Å². The van der Waals surface area contributed by atoms with Gasteiger partial charge in [0, 0.05) is 30.8 Å². The lowest BCUT2D eigenvalue weighted by Crippen LogP contribution is -2.41. The highest BCUT2D eigenvalue weighted by Gasteiger charge is 2.34. The molecule has 1 saturated carbocycles. The number of aliphatic hydroxyl groups excluding tert-OH is 1. The molecule has 112 valence electrons. The van der Waals surface area contributed by atoms with Gasteiger partial charge in [-0.2, -0.15) is 0 Å². The fourth-order valence-electron chi connectivity index (χ4n) is 3.33. The molecule has 1 aliphatic rings. The van der Waals surface area contributed by atoms with Gasteiger partial charge in [0.1, 0.15) is 0 Å². The molecule has 0 bridgehead atoms. The van der Waals surface area contributed by atoms with Crippen LogP contribution in [0.3, 0.4) is 0 Å². The summed E-state index contributed by atoms with van der Waals surface area (Å²) in [6, 6.07) is 6.18. The van der Waals surface area contributed by atoms with Gasteiger partial charge in [0.05, 0.1) is 5.69 Å². The minimum absolute atomic E-state index is 0.102. The van der Waals surface area contributed by atoms with Crippen molar-refractivity contribution in [3.8, 4) is 0 Å². The van der Waals surface area contributed by atoms with Crippen LogP contribution in [0.25, 0.3) is 0 Å². The van der Waals surface area contributed by atoms with E-state index in [0.29, 0.717) is 6.61 Å². The van der Waals surface area contributed by atoms with Gasteiger partial charge in [-0.25, -0.2) is 0 Å². The Morgan fingerprint density at radius 3 is 2.65 bits per heavy atom. The van der Waals surface area contributed by atoms with E-state index in [-0.39, 0.29) is 5.41 Å². The second-order valence-corrected chi connectivity index (χ2v) is 6.78. The van der Waals surface area contributed by atoms with Crippen LogP contribution in [0.4, 0.5) is 0 Å². The van der Waals surface area contributed by atoms with Crippen LogP contribution >= 0.6 is 0 Å². The Labute approximate surface area is 123 Å². The number of hydrogen-bond donors (Lipinski definition) is 1. The molecular formula is C17H28N2O. The predicted octanol–water partition coefficient (Wildman–Crippen LogP) is 3.01. The maximum Gasteiger partial charge on any atom is 0.0547 e. The van der Waals surface area contributed by atoms with Crippen LogP contribution in [-0.2, 0) is 6.54 Å². The van der Waals surface area contributed by atoms with Gasteiger partial charge < -0.3 is 5.11 Å². The first-order valence-electron chi connectivity index (χ1n) is 7.75. The van der Waals surface area contributed by atoms with Crippen molar-refractivity contribution in [3.63, 3.8) is 0 Å². The maximum atomic E-state index is 9.84. The molecule has 0 spiro atoms. The van der Waals surface area contributed by atoms with E-state index < -0.39 is 0 Å². The minimum atomic E-state index is 0.102. The Balaban J connectivity index is 1.94. The van der Waals surface area contributed by atoms with E-state index in [1.807, 2.05) is 13.0 Å². The molecule has 2 rings (SSSR count). The fraction of sp³-hybridized carbons (Fsp3) is 0.706. The molecule has 1 fully saturated rings. The maximum absolute atomic E-state index is 9.84. The van der Waals surface area contributed by atoms with Gasteiger partial charge in [0.25, 0.3) is 0 Å². The summed E-state index contributed by atoms with van der Waals surface area (Å²) in [7, 11) is 2.14. The second-order valence-electron chi connectivity index (χ2n) is 6.78. The monoisotopic (exact) mass is 276 g/mol. The average molecular weight is 276 g/mol. The molecule has 0 atom stereocenters. The van der Waals surface area contributed by atoms with Crippen molar-refractivity contribution in [2.24, 2.45) is 11.3 Å². The molecule has 1 aromatic rings. The summed E-state index contributed by atoms with van der Waals surface area (Å²) in [6.45, 7) is 6.49. The third-order valence-corrected chi connectivity index (χ3v) is 4.65. The Kier molecular flexibility index (Phi) is 5.17. The topological polar surface area (TPSA) is 36.4 Å². The number of aryl methyl sites for hydroxylation is 1. The standard InChI is InChI=1S/C17H28N2O/c1-14-7-9-17(13-20,10-8-14)12-19(3)11-16-6-4-5-15(2)18-16/h4-6,14,20H,7-13H2,1-3H3. The Hall–Kier alpha value is -0.930. The summed E-state index contributed by atoms with van der Waals surface area (Å²) in [5, 5.41) is 9.84. The Morgan fingerprint density at radius 1 is 1.35 bits per heavy atom. The summed E-state index contributed by atoms with van der Waals surface area (Å²) in [4.78, 5) is 6.88. The zero-order valence-corrected chi connectivity index (χ0v) is 13.1. The lowest BCUT2D eigenvalue weighted by molar-refractivity contribution is 0.0343. The molecule has 0 saturated heterocycles. The summed E-state index contributed by atoms with van der Waals surface area (Å²) >= 11 is 0. The number of hydrogen-bond acceptors (Lipinski definition) is 3. The molecule has 1 N–H and O–H groups in total. The molecule has 3 heteroatoms. The average Bonchev–Trinajstić information content (AvgIpc) is 2.41. The summed E-state index contributed by atoms with van der Waals surface area (Å²) in [5.74, 6) is 0.818. The van der Waals surface area contributed by atoms with Crippen LogP contribution in [0.1, 0.15) is 44.0 Å². The molecule has 1 aliphatic carbocycles. The summed E-state index contributed by atoms with van der Waals surface area (Å²) in [6.07, 6.45) is 4.79. The van der Waals surface area contributed by atoms with Gasteiger partial charge in [-0.3, -0.25) is 9.88 Å². The van der Waals surface area contributed by atoms with Gasteiger partial charge in [-0.1, -0.05) is 25.8 Å². The number of pyridine rings is 1. The first-order valence-corrected chi connectivity index (χ1v) is 7.75. The third kappa shape index (κ3) is 4.03. The Morgan fingerprint density at radius 2 is 2.05 bits per heavy atom. The van der Waals surface area contributed by atoms with Crippen molar-refractivity contribution < 1.29 is 5.11 Å². The number of aromatic nitrogens is 1. The first-order chi connectivity index (χ1) is 9.53. The molecule has 1 heterocycles. The molecular weight excluding hydrogens is 248 g/mol. The van der Waals surface area contributed by atoms with Crippen LogP contribution in [0.5, 0.6) is 0 Å². The van der Waals surface area contributed by atoms with Gasteiger partial charge in [0.2, 0.25) is 0 Å². The molecule has 0 aliphatic heterocycles. The first kappa shape index (κ1) is 15.5. The normalized spacial score (nSPS) is 26.9. The molecule has 0 aromatic carbocycles. The largest absolute Gasteiger partial charge is 0.396 e. The molecule has 3 nitrogen and oxygen atoms in total. The van der Waals surface area contributed by atoms with E-state index in [1.54, 1.807) is 0 Å². The second kappa shape index (κ2) is 6.68. The highest BCUT2D eigenvalue weighted by molar-refractivity contribution is 5.09. The lowest BCUT2D eigenvalue weighted by Gasteiger charge is -2.40. The molecule has 0 radical (unpaired) electrons. The van der Waals surface area contributed by atoms with E-state index >= 15 is 0 Å². The van der Waals surface area contributed by atoms with E-state index in [9.17, 15) is 5.11 Å². The van der Waals surface area contributed by atoms with Crippen LogP contribution in [0, 0.1) is 18.3 Å². The third-order valence-electron chi connectivity index (χ3n) is 4.65. The summed E-state index contributed by atoms with van der Waals surface area (Å²) < 4.78 is 0. The highest BCUT2D eigenvalue weighted by Crippen LogP contribution is 2.39. The molecule has 0 amide bonds. The van der Waals surface area contributed by atoms with Gasteiger partial charge >= 0.3 is 0 Å². The summed E-state index contributed by atoms with van der Waals surface area (Å²) in [5.41, 5.74) is 2.29. The van der Waals surface area contributed by atoms with E-state index in [2.05, 4.69) is 36.0 Å². The van der Waals surface area contributed by atoms with Crippen molar-refractivity contribution in [2.75, 3.05) is 20.2 Å². The Bertz CT molecular complexity index is 425. The smallest absolute Gasteiger partial charge is 0.0547 e. The SMILES string of the molecule is Cc1cccc(CN(C)CC2(CO)CCC(C)CC2)n1. The van der Waals surface area contributed by atoms with Gasteiger partial charge in [-0.05, 0) is 44.9 Å². The van der Waals surface area contributed by atoms with Gasteiger partial charge in [-0.15, -0.1) is 0 Å². The fourth-order valence-corrected chi connectivity index (χ4v) is 3.33. The zero-order chi connectivity index (χ0) is 14.6. The lowest BCUT2D eigenvalue weighted by atomic mass is 9.71.